The van der Waals surface area contributed by atoms with E-state index < -0.39 is 0 Å². The molecule has 0 spiro atoms. The third kappa shape index (κ3) is 1.63. The van der Waals surface area contributed by atoms with Crippen LogP contribution in [0.15, 0.2) is 0 Å². The number of hydrogen-bond acceptors (Lipinski definition) is 1. The average molecular weight is 154 g/mol. The zero-order chi connectivity index (χ0) is 8.86. The zero-order valence-corrected chi connectivity index (χ0v) is 8.19. The van der Waals surface area contributed by atoms with Crippen LogP contribution in [0.4, 0.5) is 0 Å². The van der Waals surface area contributed by atoms with Crippen molar-refractivity contribution in [1.29, 1.82) is 0 Å². The maximum Gasteiger partial charge on any atom is 0.141 e. The monoisotopic (exact) mass is 154 g/mol. The first-order valence-electron chi connectivity index (χ1n) is 4.29. The molecule has 0 aliphatic heterocycles. The predicted molar refractivity (Wildman–Crippen MR) is 46.4 cm³/mol. The van der Waals surface area contributed by atoms with Crippen LogP contribution >= 0.6 is 0 Å². The van der Waals surface area contributed by atoms with Gasteiger partial charge < -0.3 is 0 Å². The minimum atomic E-state index is -0.140. The summed E-state index contributed by atoms with van der Waals surface area (Å²) < 4.78 is 0. The normalized spacial score (nSPS) is 28.3. The Morgan fingerprint density at radius 3 is 1.82 bits per heavy atom. The van der Waals surface area contributed by atoms with Gasteiger partial charge in [-0.2, -0.15) is 0 Å². The maximum absolute atomic E-state index is 11.6. The van der Waals surface area contributed by atoms with Gasteiger partial charge in [0.2, 0.25) is 0 Å². The molecule has 0 aromatic carbocycles. The van der Waals surface area contributed by atoms with Crippen LogP contribution in [0.25, 0.3) is 0 Å². The molecule has 1 atom stereocenters. The van der Waals surface area contributed by atoms with Gasteiger partial charge in [0.15, 0.2) is 0 Å². The van der Waals surface area contributed by atoms with E-state index >= 15 is 0 Å². The zero-order valence-electron chi connectivity index (χ0n) is 8.19. The fourth-order valence-electron chi connectivity index (χ4n) is 1.44. The van der Waals surface area contributed by atoms with Crippen molar-refractivity contribution in [3.05, 3.63) is 0 Å². The van der Waals surface area contributed by atoms with Gasteiger partial charge in [-0.25, -0.2) is 0 Å². The first-order valence-corrected chi connectivity index (χ1v) is 4.29. The number of rotatable bonds is 1. The Hall–Kier alpha value is -0.330. The highest BCUT2D eigenvalue weighted by Gasteiger charge is 2.52. The summed E-state index contributed by atoms with van der Waals surface area (Å²) in [5.74, 6) is 0.769. The van der Waals surface area contributed by atoms with E-state index in [1.54, 1.807) is 0 Å². The van der Waals surface area contributed by atoms with Crippen molar-refractivity contribution in [2.75, 3.05) is 0 Å². The molecular formula is C10H18O. The van der Waals surface area contributed by atoms with E-state index in [2.05, 4.69) is 13.8 Å². The van der Waals surface area contributed by atoms with Crippen molar-refractivity contribution in [3.63, 3.8) is 0 Å². The van der Waals surface area contributed by atoms with Gasteiger partial charge in [-0.3, -0.25) is 4.79 Å². The maximum atomic E-state index is 11.6. The van der Waals surface area contributed by atoms with Gasteiger partial charge in [0.25, 0.3) is 0 Å². The largest absolute Gasteiger partial charge is 0.299 e. The molecule has 1 rings (SSSR count). The molecule has 1 fully saturated rings. The first-order chi connectivity index (χ1) is 4.75. The van der Waals surface area contributed by atoms with Gasteiger partial charge in [-0.1, -0.05) is 34.6 Å². The number of ketones is 1. The molecule has 1 heteroatoms. The second-order valence-corrected chi connectivity index (χ2v) is 5.36. The number of Topliss-reactive ketones (excluding diaryl/α,β-unsaturated/α-hetero) is 1. The van der Waals surface area contributed by atoms with E-state index in [1.807, 2.05) is 20.8 Å². The minimum absolute atomic E-state index is 0.140. The third-order valence-electron chi connectivity index (χ3n) is 2.57. The summed E-state index contributed by atoms with van der Waals surface area (Å²) in [6, 6.07) is 0. The Labute approximate surface area is 69.2 Å². The molecule has 1 saturated carbocycles. The molecule has 1 nitrogen and oxygen atoms in total. The lowest BCUT2D eigenvalue weighted by molar-refractivity contribution is -0.128. The first kappa shape index (κ1) is 8.76. The van der Waals surface area contributed by atoms with Crippen molar-refractivity contribution in [2.24, 2.45) is 16.7 Å². The van der Waals surface area contributed by atoms with Crippen LogP contribution in [0.2, 0.25) is 0 Å². The Balaban J connectivity index is 2.60. The Morgan fingerprint density at radius 1 is 1.36 bits per heavy atom. The molecule has 0 bridgehead atoms. The van der Waals surface area contributed by atoms with E-state index in [-0.39, 0.29) is 5.41 Å². The second-order valence-electron chi connectivity index (χ2n) is 5.36. The molecule has 0 aromatic heterocycles. The Morgan fingerprint density at radius 2 is 1.73 bits per heavy atom. The van der Waals surface area contributed by atoms with E-state index in [4.69, 9.17) is 0 Å². The van der Waals surface area contributed by atoms with Crippen LogP contribution < -0.4 is 0 Å². The van der Waals surface area contributed by atoms with E-state index in [0.29, 0.717) is 17.1 Å². The molecule has 1 unspecified atom stereocenters. The Bertz CT molecular complexity index is 184. The highest BCUT2D eigenvalue weighted by Crippen LogP contribution is 2.54. The van der Waals surface area contributed by atoms with Crippen molar-refractivity contribution < 1.29 is 4.79 Å². The summed E-state index contributed by atoms with van der Waals surface area (Å²) >= 11 is 0. The van der Waals surface area contributed by atoms with Crippen LogP contribution in [0.3, 0.4) is 0 Å². The van der Waals surface area contributed by atoms with E-state index in [9.17, 15) is 4.79 Å². The van der Waals surface area contributed by atoms with Crippen molar-refractivity contribution in [2.45, 2.75) is 41.0 Å². The van der Waals surface area contributed by atoms with Gasteiger partial charge in [-0.15, -0.1) is 0 Å². The van der Waals surface area contributed by atoms with Crippen LogP contribution in [-0.4, -0.2) is 5.78 Å². The lowest BCUT2D eigenvalue weighted by Gasteiger charge is -2.17. The molecule has 0 saturated heterocycles. The van der Waals surface area contributed by atoms with Crippen molar-refractivity contribution in [1.82, 2.24) is 0 Å². The lowest BCUT2D eigenvalue weighted by atomic mass is 9.86. The van der Waals surface area contributed by atoms with Crippen LogP contribution in [0.5, 0.6) is 0 Å². The molecule has 0 radical (unpaired) electrons. The van der Waals surface area contributed by atoms with Crippen molar-refractivity contribution >= 4 is 5.78 Å². The standard InChI is InChI=1S/C10H18O/c1-9(2,3)8(11)7-6-10(7,4)5/h7H,6H2,1-5H3. The fourth-order valence-corrected chi connectivity index (χ4v) is 1.44. The SMILES string of the molecule is CC(C)(C)C(=O)C1CC1(C)C. The minimum Gasteiger partial charge on any atom is -0.299 e. The number of carbonyl (C=O) groups is 1. The van der Waals surface area contributed by atoms with Crippen LogP contribution in [0.1, 0.15) is 41.0 Å². The van der Waals surface area contributed by atoms with Gasteiger partial charge >= 0.3 is 0 Å². The van der Waals surface area contributed by atoms with Gasteiger partial charge in [0.1, 0.15) is 5.78 Å². The lowest BCUT2D eigenvalue weighted by Crippen LogP contribution is -2.23. The summed E-state index contributed by atoms with van der Waals surface area (Å²) in [6.07, 6.45) is 1.09. The topological polar surface area (TPSA) is 17.1 Å². The van der Waals surface area contributed by atoms with Crippen LogP contribution in [0, 0.1) is 16.7 Å². The van der Waals surface area contributed by atoms with E-state index in [1.165, 1.54) is 0 Å². The highest BCUT2D eigenvalue weighted by molar-refractivity contribution is 5.89. The molecule has 1 aliphatic carbocycles. The highest BCUT2D eigenvalue weighted by atomic mass is 16.1. The molecule has 1 aliphatic rings. The van der Waals surface area contributed by atoms with Crippen molar-refractivity contribution in [3.8, 4) is 0 Å². The van der Waals surface area contributed by atoms with Gasteiger partial charge in [0, 0.05) is 11.3 Å². The number of hydrogen-bond donors (Lipinski definition) is 0. The summed E-state index contributed by atoms with van der Waals surface area (Å²) in [4.78, 5) is 11.6. The Kier molecular flexibility index (Phi) is 1.66. The third-order valence-corrected chi connectivity index (χ3v) is 2.57. The second kappa shape index (κ2) is 2.09. The quantitative estimate of drug-likeness (QED) is 0.567. The average Bonchev–Trinajstić information content (AvgIpc) is 2.36. The number of carbonyl (C=O) groups excluding carboxylic acids is 1. The van der Waals surface area contributed by atoms with Gasteiger partial charge in [0.05, 0.1) is 0 Å². The fraction of sp³-hybridized carbons (Fsp3) is 0.900. The van der Waals surface area contributed by atoms with Crippen LogP contribution in [-0.2, 0) is 4.79 Å². The molecule has 0 aromatic rings. The van der Waals surface area contributed by atoms with E-state index in [0.717, 1.165) is 6.42 Å². The molecule has 64 valence electrons. The molecule has 0 heterocycles. The smallest absolute Gasteiger partial charge is 0.141 e. The molecule has 0 N–H and O–H groups in total. The molecular weight excluding hydrogens is 136 g/mol. The summed E-state index contributed by atoms with van der Waals surface area (Å²) in [5.41, 5.74) is 0.156. The summed E-state index contributed by atoms with van der Waals surface area (Å²) in [6.45, 7) is 10.3. The summed E-state index contributed by atoms with van der Waals surface area (Å²) in [5, 5.41) is 0. The molecule has 0 amide bonds. The summed E-state index contributed by atoms with van der Waals surface area (Å²) in [7, 11) is 0. The predicted octanol–water partition coefficient (Wildman–Crippen LogP) is 2.65. The molecule has 11 heavy (non-hydrogen) atoms. The van der Waals surface area contributed by atoms with Gasteiger partial charge in [-0.05, 0) is 11.8 Å².